The van der Waals surface area contributed by atoms with Crippen LogP contribution in [-0.4, -0.2) is 81.5 Å². The number of rotatable bonds is 6. The van der Waals surface area contributed by atoms with Crippen molar-refractivity contribution in [1.29, 1.82) is 0 Å². The van der Waals surface area contributed by atoms with Crippen molar-refractivity contribution in [3.63, 3.8) is 0 Å². The Bertz CT molecular complexity index is 904. The number of ether oxygens (including phenoxy) is 1. The molecule has 2 fully saturated rings. The van der Waals surface area contributed by atoms with Crippen molar-refractivity contribution < 1.29 is 26.4 Å². The maximum atomic E-state index is 12.6. The van der Waals surface area contributed by atoms with Crippen LogP contribution < -0.4 is 4.74 Å². The molecule has 0 bridgehead atoms. The van der Waals surface area contributed by atoms with Crippen molar-refractivity contribution in [2.45, 2.75) is 25.0 Å². The van der Waals surface area contributed by atoms with Gasteiger partial charge in [-0.2, -0.15) is 4.31 Å². The summed E-state index contributed by atoms with van der Waals surface area (Å²) in [5.41, 5.74) is 1.19. The lowest BCUT2D eigenvalue weighted by molar-refractivity contribution is -0.134. The molecule has 2 saturated heterocycles. The highest BCUT2D eigenvalue weighted by Gasteiger charge is 2.41. The molecule has 1 unspecified atom stereocenters. The highest BCUT2D eigenvalue weighted by atomic mass is 32.2. The van der Waals surface area contributed by atoms with Gasteiger partial charge in [0.1, 0.15) is 5.75 Å². The molecule has 8 nitrogen and oxygen atoms in total. The normalized spacial score (nSPS) is 22.9. The Morgan fingerprint density at radius 1 is 1.14 bits per heavy atom. The Labute approximate surface area is 166 Å². The summed E-state index contributed by atoms with van der Waals surface area (Å²) < 4.78 is 55.3. The van der Waals surface area contributed by atoms with Crippen molar-refractivity contribution in [2.24, 2.45) is 0 Å². The average Bonchev–Trinajstić information content (AvgIpc) is 3.07. The van der Waals surface area contributed by atoms with Gasteiger partial charge in [0.25, 0.3) is 5.91 Å². The molecule has 0 spiro atoms. The van der Waals surface area contributed by atoms with Crippen LogP contribution >= 0.6 is 0 Å². The summed E-state index contributed by atoms with van der Waals surface area (Å²) in [5, 5.41) is -0.867. The molecular formula is C18H26N2O6S2. The van der Waals surface area contributed by atoms with Gasteiger partial charge in [0.05, 0.1) is 16.8 Å². The monoisotopic (exact) mass is 430 g/mol. The first-order valence-electron chi connectivity index (χ1n) is 9.40. The van der Waals surface area contributed by atoms with Gasteiger partial charge in [-0.3, -0.25) is 4.79 Å². The predicted octanol–water partition coefficient (Wildman–Crippen LogP) is 0.289. The minimum absolute atomic E-state index is 0.0775. The molecule has 1 amide bonds. The summed E-state index contributed by atoms with van der Waals surface area (Å²) in [6.45, 7) is 2.86. The molecular weight excluding hydrogens is 404 g/mol. The van der Waals surface area contributed by atoms with Gasteiger partial charge in [0.15, 0.2) is 16.4 Å². The van der Waals surface area contributed by atoms with Crippen LogP contribution in [0, 0.1) is 0 Å². The minimum Gasteiger partial charge on any atom is -0.484 e. The quantitative estimate of drug-likeness (QED) is 0.643. The van der Waals surface area contributed by atoms with Crippen LogP contribution in [0.25, 0.3) is 0 Å². The van der Waals surface area contributed by atoms with E-state index in [1.807, 2.05) is 24.3 Å². The molecule has 1 aromatic rings. The second kappa shape index (κ2) is 8.38. The van der Waals surface area contributed by atoms with Gasteiger partial charge in [0, 0.05) is 26.2 Å². The lowest BCUT2D eigenvalue weighted by Gasteiger charge is -2.35. The van der Waals surface area contributed by atoms with Crippen molar-refractivity contribution in [3.05, 3.63) is 29.8 Å². The van der Waals surface area contributed by atoms with Crippen LogP contribution in [0.15, 0.2) is 24.3 Å². The van der Waals surface area contributed by atoms with Gasteiger partial charge < -0.3 is 9.64 Å². The number of sulfonamides is 1. The van der Waals surface area contributed by atoms with Crippen LogP contribution in [-0.2, 0) is 31.1 Å². The van der Waals surface area contributed by atoms with E-state index in [-0.39, 0.29) is 56.6 Å². The highest BCUT2D eigenvalue weighted by molar-refractivity contribution is 7.95. The Hall–Kier alpha value is -1.65. The molecule has 0 radical (unpaired) electrons. The van der Waals surface area contributed by atoms with E-state index < -0.39 is 25.1 Å². The number of sulfone groups is 1. The van der Waals surface area contributed by atoms with Crippen molar-refractivity contribution >= 4 is 25.8 Å². The van der Waals surface area contributed by atoms with E-state index in [9.17, 15) is 21.6 Å². The van der Waals surface area contributed by atoms with E-state index in [1.54, 1.807) is 4.90 Å². The van der Waals surface area contributed by atoms with Gasteiger partial charge in [0.2, 0.25) is 10.0 Å². The average molecular weight is 431 g/mol. The largest absolute Gasteiger partial charge is 0.484 e. The lowest BCUT2D eigenvalue weighted by atomic mass is 10.2. The number of nitrogens with zero attached hydrogens (tertiary/aromatic N) is 2. The molecule has 2 aliphatic rings. The molecule has 156 valence electrons. The second-order valence-electron chi connectivity index (χ2n) is 7.14. The summed E-state index contributed by atoms with van der Waals surface area (Å²) in [4.78, 5) is 13.9. The molecule has 0 saturated carbocycles. The third kappa shape index (κ3) is 4.84. The van der Waals surface area contributed by atoms with Crippen molar-refractivity contribution in [1.82, 2.24) is 9.21 Å². The zero-order chi connectivity index (χ0) is 20.4. The zero-order valence-corrected chi connectivity index (χ0v) is 17.5. The number of hydrogen-bond donors (Lipinski definition) is 0. The third-order valence-electron chi connectivity index (χ3n) is 5.26. The van der Waals surface area contributed by atoms with Crippen LogP contribution in [0.4, 0.5) is 0 Å². The minimum atomic E-state index is -3.66. The van der Waals surface area contributed by atoms with E-state index >= 15 is 0 Å². The lowest BCUT2D eigenvalue weighted by Crippen LogP contribution is -2.53. The molecule has 0 aliphatic carbocycles. The number of benzene rings is 1. The Balaban J connectivity index is 1.49. The molecule has 2 aliphatic heterocycles. The van der Waals surface area contributed by atoms with E-state index in [2.05, 4.69) is 6.92 Å². The fraction of sp³-hybridized carbons (Fsp3) is 0.611. The van der Waals surface area contributed by atoms with Crippen LogP contribution in [0.1, 0.15) is 18.9 Å². The Morgan fingerprint density at radius 2 is 1.79 bits per heavy atom. The molecule has 0 aromatic heterocycles. The third-order valence-corrected chi connectivity index (χ3v) is 9.57. The van der Waals surface area contributed by atoms with E-state index in [0.29, 0.717) is 5.75 Å². The van der Waals surface area contributed by atoms with Crippen LogP contribution in [0.5, 0.6) is 5.75 Å². The summed E-state index contributed by atoms with van der Waals surface area (Å²) in [5.74, 6) is 0.0414. The summed E-state index contributed by atoms with van der Waals surface area (Å²) in [7, 11) is -6.93. The summed E-state index contributed by atoms with van der Waals surface area (Å²) >= 11 is 0. The van der Waals surface area contributed by atoms with Gasteiger partial charge in [-0.1, -0.05) is 19.1 Å². The first kappa shape index (κ1) is 21.1. The number of carbonyl (C=O) groups excluding carboxylic acids is 1. The summed E-state index contributed by atoms with van der Waals surface area (Å²) in [6, 6.07) is 7.55. The Morgan fingerprint density at radius 3 is 2.32 bits per heavy atom. The van der Waals surface area contributed by atoms with Gasteiger partial charge in [-0.05, 0) is 30.5 Å². The van der Waals surface area contributed by atoms with Gasteiger partial charge in [-0.15, -0.1) is 0 Å². The summed E-state index contributed by atoms with van der Waals surface area (Å²) in [6.07, 6.45) is 1.08. The number of piperazine rings is 1. The van der Waals surface area contributed by atoms with Crippen LogP contribution in [0.2, 0.25) is 0 Å². The first-order valence-corrected chi connectivity index (χ1v) is 12.7. The standard InChI is InChI=1S/C18H26N2O6S2/c1-2-15-3-5-16(6-4-15)26-13-18(21)19-8-10-20(11-9-19)28(24,25)17-7-12-27(22,23)14-17/h3-6,17H,2,7-14H2,1H3. The predicted molar refractivity (Wildman–Crippen MR) is 105 cm³/mol. The van der Waals surface area contributed by atoms with E-state index in [4.69, 9.17) is 4.74 Å². The molecule has 3 rings (SSSR count). The smallest absolute Gasteiger partial charge is 0.260 e. The van der Waals surface area contributed by atoms with Crippen molar-refractivity contribution in [2.75, 3.05) is 44.3 Å². The SMILES string of the molecule is CCc1ccc(OCC(=O)N2CCN(S(=O)(=O)C3CCS(=O)(=O)C3)CC2)cc1. The maximum absolute atomic E-state index is 12.6. The van der Waals surface area contributed by atoms with Gasteiger partial charge >= 0.3 is 0 Å². The Kier molecular flexibility index (Phi) is 6.31. The van der Waals surface area contributed by atoms with E-state index in [1.165, 1.54) is 9.87 Å². The molecule has 0 N–H and O–H groups in total. The highest BCUT2D eigenvalue weighted by Crippen LogP contribution is 2.23. The van der Waals surface area contributed by atoms with E-state index in [0.717, 1.165) is 6.42 Å². The molecule has 1 aromatic carbocycles. The fourth-order valence-electron chi connectivity index (χ4n) is 3.46. The number of amides is 1. The van der Waals surface area contributed by atoms with Crippen molar-refractivity contribution in [3.8, 4) is 5.75 Å². The molecule has 2 heterocycles. The van der Waals surface area contributed by atoms with Crippen LogP contribution in [0.3, 0.4) is 0 Å². The number of hydrogen-bond acceptors (Lipinski definition) is 6. The topological polar surface area (TPSA) is 101 Å². The van der Waals surface area contributed by atoms with Gasteiger partial charge in [-0.25, -0.2) is 16.8 Å². The molecule has 10 heteroatoms. The fourth-order valence-corrected chi connectivity index (χ4v) is 7.97. The zero-order valence-electron chi connectivity index (χ0n) is 15.9. The number of carbonyl (C=O) groups is 1. The maximum Gasteiger partial charge on any atom is 0.260 e. The second-order valence-corrected chi connectivity index (χ2v) is 11.6. The first-order chi connectivity index (χ1) is 13.2. The molecule has 28 heavy (non-hydrogen) atoms. The molecule has 1 atom stereocenters. The number of aryl methyl sites for hydroxylation is 1.